The van der Waals surface area contributed by atoms with Crippen LogP contribution in [0, 0.1) is 0 Å². The standard InChI is InChI=1S/C17H19N5OS/c18-12-4-1-2-5-13(12)21-17(23)15-8-11(10-24-15)14-9-19-16-6-3-7-20-22(14)16/h3,6-10,12-13H,1-2,4-5,18H2,(H,21,23)/t12-,13?/m1/s1. The SMILES string of the molecule is N[C@@H]1CCCCC1NC(=O)c1cc(-c2cnc3cccnn23)cs1. The lowest BCUT2D eigenvalue weighted by atomic mass is 9.91. The number of fused-ring (bicyclic) bond motifs is 1. The van der Waals surface area contributed by atoms with Crippen LogP contribution in [0.4, 0.5) is 0 Å². The van der Waals surface area contributed by atoms with Gasteiger partial charge in [0.2, 0.25) is 0 Å². The summed E-state index contributed by atoms with van der Waals surface area (Å²) >= 11 is 1.43. The lowest BCUT2D eigenvalue weighted by Crippen LogP contribution is -2.49. The summed E-state index contributed by atoms with van der Waals surface area (Å²) < 4.78 is 1.78. The van der Waals surface area contributed by atoms with Crippen LogP contribution in [0.5, 0.6) is 0 Å². The predicted molar refractivity (Wildman–Crippen MR) is 94.0 cm³/mol. The summed E-state index contributed by atoms with van der Waals surface area (Å²) in [6.45, 7) is 0. The van der Waals surface area contributed by atoms with E-state index in [2.05, 4.69) is 15.4 Å². The van der Waals surface area contributed by atoms with E-state index in [1.54, 1.807) is 16.9 Å². The molecule has 1 aliphatic rings. The van der Waals surface area contributed by atoms with E-state index in [1.807, 2.05) is 23.6 Å². The van der Waals surface area contributed by atoms with Crippen molar-refractivity contribution < 1.29 is 4.79 Å². The van der Waals surface area contributed by atoms with E-state index in [9.17, 15) is 4.79 Å². The molecule has 6 nitrogen and oxygen atoms in total. The van der Waals surface area contributed by atoms with E-state index >= 15 is 0 Å². The molecule has 2 atom stereocenters. The molecule has 124 valence electrons. The van der Waals surface area contributed by atoms with Crippen LogP contribution in [-0.2, 0) is 0 Å². The highest BCUT2D eigenvalue weighted by molar-refractivity contribution is 7.12. The molecule has 0 saturated heterocycles. The van der Waals surface area contributed by atoms with Gasteiger partial charge < -0.3 is 11.1 Å². The Hall–Kier alpha value is -2.25. The minimum Gasteiger partial charge on any atom is -0.347 e. The number of thiophene rings is 1. The molecule has 0 radical (unpaired) electrons. The smallest absolute Gasteiger partial charge is 0.261 e. The first-order chi connectivity index (χ1) is 11.7. The van der Waals surface area contributed by atoms with Gasteiger partial charge in [0.05, 0.1) is 16.8 Å². The molecule has 1 amide bonds. The van der Waals surface area contributed by atoms with Crippen molar-refractivity contribution in [1.29, 1.82) is 0 Å². The number of hydrogen-bond acceptors (Lipinski definition) is 5. The second-order valence-corrected chi connectivity index (χ2v) is 7.08. The first-order valence-electron chi connectivity index (χ1n) is 8.16. The number of amides is 1. The quantitative estimate of drug-likeness (QED) is 0.766. The third kappa shape index (κ3) is 2.81. The van der Waals surface area contributed by atoms with Gasteiger partial charge >= 0.3 is 0 Å². The van der Waals surface area contributed by atoms with Crippen LogP contribution in [0.2, 0.25) is 0 Å². The zero-order valence-electron chi connectivity index (χ0n) is 13.2. The van der Waals surface area contributed by atoms with E-state index in [0.717, 1.165) is 42.6 Å². The monoisotopic (exact) mass is 341 g/mol. The second kappa shape index (κ2) is 6.33. The first kappa shape index (κ1) is 15.3. The van der Waals surface area contributed by atoms with Crippen LogP contribution in [0.25, 0.3) is 16.9 Å². The van der Waals surface area contributed by atoms with Crippen LogP contribution in [0.3, 0.4) is 0 Å². The fourth-order valence-corrected chi connectivity index (χ4v) is 4.00. The van der Waals surface area contributed by atoms with Gasteiger partial charge in [-0.1, -0.05) is 12.8 Å². The molecule has 0 bridgehead atoms. The van der Waals surface area contributed by atoms with Crippen molar-refractivity contribution in [3.63, 3.8) is 0 Å². The predicted octanol–water partition coefficient (Wildman–Crippen LogP) is 2.46. The third-order valence-corrected chi connectivity index (χ3v) is 5.46. The third-order valence-electron chi connectivity index (χ3n) is 4.53. The Morgan fingerprint density at radius 2 is 2.25 bits per heavy atom. The molecule has 0 aliphatic heterocycles. The van der Waals surface area contributed by atoms with Gasteiger partial charge in [-0.25, -0.2) is 9.50 Å². The molecule has 24 heavy (non-hydrogen) atoms. The molecule has 0 spiro atoms. The van der Waals surface area contributed by atoms with Crippen molar-refractivity contribution in [3.8, 4) is 11.3 Å². The Bertz CT molecular complexity index is 871. The molecule has 4 rings (SSSR count). The molecule has 3 N–H and O–H groups in total. The summed E-state index contributed by atoms with van der Waals surface area (Å²) in [4.78, 5) is 17.5. The first-order valence-corrected chi connectivity index (χ1v) is 9.04. The lowest BCUT2D eigenvalue weighted by molar-refractivity contribution is 0.0925. The second-order valence-electron chi connectivity index (χ2n) is 6.16. The Morgan fingerprint density at radius 3 is 3.12 bits per heavy atom. The van der Waals surface area contributed by atoms with Gasteiger partial charge in [-0.2, -0.15) is 5.10 Å². The summed E-state index contributed by atoms with van der Waals surface area (Å²) in [5.74, 6) is -0.0459. The summed E-state index contributed by atoms with van der Waals surface area (Å²) in [7, 11) is 0. The highest BCUT2D eigenvalue weighted by Crippen LogP contribution is 2.26. The van der Waals surface area contributed by atoms with Crippen molar-refractivity contribution in [2.24, 2.45) is 5.73 Å². The number of hydrogen-bond donors (Lipinski definition) is 2. The normalized spacial score (nSPS) is 21.0. The maximum absolute atomic E-state index is 12.5. The van der Waals surface area contributed by atoms with Crippen molar-refractivity contribution >= 4 is 22.9 Å². The van der Waals surface area contributed by atoms with Gasteiger partial charge in [-0.15, -0.1) is 11.3 Å². The lowest BCUT2D eigenvalue weighted by Gasteiger charge is -2.29. The zero-order valence-corrected chi connectivity index (χ0v) is 14.0. The van der Waals surface area contributed by atoms with Crippen LogP contribution in [-0.4, -0.2) is 32.6 Å². The number of rotatable bonds is 3. The Kier molecular flexibility index (Phi) is 4.03. The molecule has 3 aromatic heterocycles. The Morgan fingerprint density at radius 1 is 1.38 bits per heavy atom. The largest absolute Gasteiger partial charge is 0.347 e. The highest BCUT2D eigenvalue weighted by atomic mass is 32.1. The molecule has 3 heterocycles. The maximum atomic E-state index is 12.5. The van der Waals surface area contributed by atoms with Crippen molar-refractivity contribution in [1.82, 2.24) is 19.9 Å². The molecule has 1 unspecified atom stereocenters. The highest BCUT2D eigenvalue weighted by Gasteiger charge is 2.24. The van der Waals surface area contributed by atoms with Gasteiger partial charge in [0.1, 0.15) is 0 Å². The number of carbonyl (C=O) groups excluding carboxylic acids is 1. The van der Waals surface area contributed by atoms with E-state index in [-0.39, 0.29) is 18.0 Å². The average molecular weight is 341 g/mol. The van der Waals surface area contributed by atoms with Crippen molar-refractivity contribution in [2.75, 3.05) is 0 Å². The van der Waals surface area contributed by atoms with Gasteiger partial charge in [0.15, 0.2) is 5.65 Å². The van der Waals surface area contributed by atoms with Crippen molar-refractivity contribution in [2.45, 2.75) is 37.8 Å². The summed E-state index contributed by atoms with van der Waals surface area (Å²) in [6, 6.07) is 5.79. The topological polar surface area (TPSA) is 85.3 Å². The van der Waals surface area contributed by atoms with Crippen LogP contribution >= 0.6 is 11.3 Å². The molecular weight excluding hydrogens is 322 g/mol. The van der Waals surface area contributed by atoms with E-state index in [1.165, 1.54) is 11.3 Å². The number of imidazole rings is 1. The van der Waals surface area contributed by atoms with Crippen molar-refractivity contribution in [3.05, 3.63) is 40.8 Å². The number of carbonyl (C=O) groups is 1. The summed E-state index contributed by atoms with van der Waals surface area (Å²) in [5, 5.41) is 9.37. The molecule has 1 saturated carbocycles. The number of aromatic nitrogens is 3. The fourth-order valence-electron chi connectivity index (χ4n) is 3.19. The van der Waals surface area contributed by atoms with Gasteiger partial charge in [-0.3, -0.25) is 4.79 Å². The molecule has 7 heteroatoms. The number of nitrogens with zero attached hydrogens (tertiary/aromatic N) is 3. The number of nitrogens with one attached hydrogen (secondary N) is 1. The number of nitrogens with two attached hydrogens (primary N) is 1. The fraction of sp³-hybridized carbons (Fsp3) is 0.353. The molecule has 3 aromatic rings. The maximum Gasteiger partial charge on any atom is 0.261 e. The Balaban J connectivity index is 1.55. The molecule has 1 fully saturated rings. The molecule has 0 aromatic carbocycles. The average Bonchev–Trinajstić information content (AvgIpc) is 3.23. The van der Waals surface area contributed by atoms with Crippen LogP contribution in [0.1, 0.15) is 35.4 Å². The minimum atomic E-state index is -0.0459. The van der Waals surface area contributed by atoms with E-state index in [0.29, 0.717) is 4.88 Å². The molecular formula is C17H19N5OS. The van der Waals surface area contributed by atoms with Crippen LogP contribution in [0.15, 0.2) is 36.0 Å². The van der Waals surface area contributed by atoms with Crippen LogP contribution < -0.4 is 11.1 Å². The summed E-state index contributed by atoms with van der Waals surface area (Å²) in [6.07, 6.45) is 7.72. The van der Waals surface area contributed by atoms with E-state index < -0.39 is 0 Å². The molecule has 1 aliphatic carbocycles. The minimum absolute atomic E-state index is 0.0459. The van der Waals surface area contributed by atoms with E-state index in [4.69, 9.17) is 5.73 Å². The zero-order chi connectivity index (χ0) is 16.5. The van der Waals surface area contributed by atoms with Gasteiger partial charge in [0, 0.05) is 29.2 Å². The van der Waals surface area contributed by atoms with Gasteiger partial charge in [-0.05, 0) is 31.0 Å². The van der Waals surface area contributed by atoms with Gasteiger partial charge in [0.25, 0.3) is 5.91 Å². The summed E-state index contributed by atoms with van der Waals surface area (Å²) in [5.41, 5.74) is 8.74. The Labute approximate surface area is 143 Å².